The van der Waals surface area contributed by atoms with E-state index in [4.69, 9.17) is 5.73 Å². The molecule has 1 atom stereocenters. The van der Waals surface area contributed by atoms with E-state index in [9.17, 15) is 4.79 Å². The summed E-state index contributed by atoms with van der Waals surface area (Å²) in [6.07, 6.45) is 0.611. The van der Waals surface area contributed by atoms with Crippen LogP contribution in [0.1, 0.15) is 13.3 Å². The Kier molecular flexibility index (Phi) is 5.85. The normalized spacial score (nSPS) is 11.7. The molecule has 0 saturated carbocycles. The van der Waals surface area contributed by atoms with Crippen molar-refractivity contribution in [3.05, 3.63) is 10.7 Å². The number of halogens is 2. The molecular formula is C8H14BrClN4O. The molecule has 3 N–H and O–H groups in total. The summed E-state index contributed by atoms with van der Waals surface area (Å²) >= 11 is 3.28. The minimum absolute atomic E-state index is 0. The van der Waals surface area contributed by atoms with Crippen molar-refractivity contribution < 1.29 is 4.79 Å². The molecule has 86 valence electrons. The minimum Gasteiger partial charge on any atom is -0.320 e. The molecule has 0 aromatic carbocycles. The Bertz CT molecular complexity index is 322. The first-order chi connectivity index (χ1) is 6.54. The number of nitrogens with one attached hydrogen (secondary N) is 1. The fourth-order valence-electron chi connectivity index (χ4n) is 0.910. The van der Waals surface area contributed by atoms with Crippen LogP contribution in [0.4, 0.5) is 5.82 Å². The molecule has 7 heteroatoms. The molecule has 1 heterocycles. The molecule has 0 aliphatic heterocycles. The van der Waals surface area contributed by atoms with Crippen molar-refractivity contribution in [1.82, 2.24) is 9.78 Å². The number of aryl methyl sites for hydroxylation is 1. The Morgan fingerprint density at radius 3 is 2.80 bits per heavy atom. The number of nitrogens with two attached hydrogens (primary N) is 1. The van der Waals surface area contributed by atoms with Gasteiger partial charge in [0, 0.05) is 13.1 Å². The zero-order chi connectivity index (χ0) is 10.7. The molecule has 5 nitrogen and oxygen atoms in total. The zero-order valence-electron chi connectivity index (χ0n) is 8.53. The minimum atomic E-state index is -0.476. The number of carbonyl (C=O) groups excluding carboxylic acids is 1. The molecule has 1 rings (SSSR count). The van der Waals surface area contributed by atoms with Crippen molar-refractivity contribution in [3.8, 4) is 0 Å². The Hall–Kier alpha value is -0.590. The molecule has 1 aromatic heterocycles. The highest BCUT2D eigenvalue weighted by molar-refractivity contribution is 9.10. The maximum atomic E-state index is 11.4. The van der Waals surface area contributed by atoms with Gasteiger partial charge in [-0.3, -0.25) is 9.48 Å². The average molecular weight is 298 g/mol. The number of aromatic nitrogens is 2. The summed E-state index contributed by atoms with van der Waals surface area (Å²) in [7, 11) is 1.78. The largest absolute Gasteiger partial charge is 0.320 e. The van der Waals surface area contributed by atoms with Gasteiger partial charge in [0.1, 0.15) is 4.60 Å². The molecule has 0 aliphatic carbocycles. The summed E-state index contributed by atoms with van der Waals surface area (Å²) in [5.74, 6) is 0.298. The third-order valence-electron chi connectivity index (χ3n) is 1.85. The average Bonchev–Trinajstić information content (AvgIpc) is 2.44. The number of rotatable bonds is 3. The van der Waals surface area contributed by atoms with Crippen molar-refractivity contribution in [2.75, 3.05) is 5.32 Å². The molecule has 0 bridgehead atoms. The highest BCUT2D eigenvalue weighted by Crippen LogP contribution is 2.14. The Labute approximate surface area is 103 Å². The molecule has 0 unspecified atom stereocenters. The van der Waals surface area contributed by atoms with Gasteiger partial charge in [0.05, 0.1) is 6.04 Å². The van der Waals surface area contributed by atoms with Crippen LogP contribution >= 0.6 is 28.3 Å². The van der Waals surface area contributed by atoms with Crippen LogP contribution in [0.25, 0.3) is 0 Å². The van der Waals surface area contributed by atoms with Crippen molar-refractivity contribution in [2.45, 2.75) is 19.4 Å². The molecule has 15 heavy (non-hydrogen) atoms. The standard InChI is InChI=1S/C8H13BrN4O.ClH/c1-3-5(10)8(14)11-7-4-6(9)13(2)12-7;/h4-5H,3,10H2,1-2H3,(H,11,12,14);1H/t5-;/m1./s1. The Balaban J connectivity index is 0.00000196. The van der Waals surface area contributed by atoms with Crippen LogP contribution in [0.5, 0.6) is 0 Å². The molecule has 0 saturated heterocycles. The summed E-state index contributed by atoms with van der Waals surface area (Å²) in [6.45, 7) is 1.86. The first-order valence-corrected chi connectivity index (χ1v) is 5.10. The van der Waals surface area contributed by atoms with Gasteiger partial charge >= 0.3 is 0 Å². The highest BCUT2D eigenvalue weighted by atomic mass is 79.9. The molecule has 0 aliphatic rings. The lowest BCUT2D eigenvalue weighted by atomic mass is 10.2. The van der Waals surface area contributed by atoms with Crippen molar-refractivity contribution in [2.24, 2.45) is 12.8 Å². The van der Waals surface area contributed by atoms with Gasteiger partial charge in [-0.1, -0.05) is 6.92 Å². The fourth-order valence-corrected chi connectivity index (χ4v) is 1.21. The number of hydrogen-bond donors (Lipinski definition) is 2. The number of anilines is 1. The third-order valence-corrected chi connectivity index (χ3v) is 2.59. The lowest BCUT2D eigenvalue weighted by Gasteiger charge is -2.06. The van der Waals surface area contributed by atoms with E-state index in [-0.39, 0.29) is 18.3 Å². The molecule has 0 radical (unpaired) electrons. The van der Waals surface area contributed by atoms with Gasteiger partial charge in [-0.15, -0.1) is 12.4 Å². The predicted molar refractivity (Wildman–Crippen MR) is 65.1 cm³/mol. The van der Waals surface area contributed by atoms with Crippen LogP contribution in [0.2, 0.25) is 0 Å². The van der Waals surface area contributed by atoms with Crippen molar-refractivity contribution in [1.29, 1.82) is 0 Å². The topological polar surface area (TPSA) is 72.9 Å². The van der Waals surface area contributed by atoms with Gasteiger partial charge in [0.2, 0.25) is 5.91 Å². The zero-order valence-corrected chi connectivity index (χ0v) is 10.9. The Morgan fingerprint density at radius 1 is 1.80 bits per heavy atom. The van der Waals surface area contributed by atoms with E-state index >= 15 is 0 Å². The van der Waals surface area contributed by atoms with Crippen molar-refractivity contribution >= 4 is 40.1 Å². The molecule has 1 aromatic rings. The third kappa shape index (κ3) is 3.81. The van der Waals surface area contributed by atoms with Gasteiger partial charge in [0.25, 0.3) is 0 Å². The fraction of sp³-hybridized carbons (Fsp3) is 0.500. The summed E-state index contributed by atoms with van der Waals surface area (Å²) in [6, 6.07) is 1.25. The number of nitrogens with zero attached hydrogens (tertiary/aromatic N) is 2. The lowest BCUT2D eigenvalue weighted by molar-refractivity contribution is -0.117. The van der Waals surface area contributed by atoms with E-state index in [0.29, 0.717) is 12.2 Å². The van der Waals surface area contributed by atoms with Gasteiger partial charge in [0.15, 0.2) is 5.82 Å². The summed E-state index contributed by atoms with van der Waals surface area (Å²) < 4.78 is 2.42. The number of amides is 1. The summed E-state index contributed by atoms with van der Waals surface area (Å²) in [5.41, 5.74) is 5.55. The number of carbonyl (C=O) groups is 1. The van der Waals surface area contributed by atoms with Gasteiger partial charge < -0.3 is 11.1 Å². The SMILES string of the molecule is CC[C@@H](N)C(=O)Nc1cc(Br)n(C)n1.Cl. The van der Waals surface area contributed by atoms with Gasteiger partial charge in [-0.05, 0) is 22.4 Å². The maximum Gasteiger partial charge on any atom is 0.242 e. The molecule has 1 amide bonds. The quantitative estimate of drug-likeness (QED) is 0.883. The monoisotopic (exact) mass is 296 g/mol. The van der Waals surface area contributed by atoms with Gasteiger partial charge in [-0.2, -0.15) is 5.10 Å². The first-order valence-electron chi connectivity index (χ1n) is 4.30. The lowest BCUT2D eigenvalue weighted by Crippen LogP contribution is -2.34. The Morgan fingerprint density at radius 2 is 2.40 bits per heavy atom. The summed E-state index contributed by atoms with van der Waals surface area (Å²) in [4.78, 5) is 11.4. The predicted octanol–water partition coefficient (Wildman–Crippen LogP) is 1.28. The first kappa shape index (κ1) is 14.4. The second-order valence-electron chi connectivity index (χ2n) is 2.98. The number of hydrogen-bond acceptors (Lipinski definition) is 3. The summed E-state index contributed by atoms with van der Waals surface area (Å²) in [5, 5.41) is 6.68. The van der Waals surface area contributed by atoms with E-state index in [1.54, 1.807) is 17.8 Å². The van der Waals surface area contributed by atoms with Crippen LogP contribution in [0.3, 0.4) is 0 Å². The van der Waals surface area contributed by atoms with E-state index in [1.165, 1.54) is 0 Å². The molecular weight excluding hydrogens is 283 g/mol. The second kappa shape index (κ2) is 6.09. The molecule has 0 spiro atoms. The van der Waals surface area contributed by atoms with Crippen LogP contribution < -0.4 is 11.1 Å². The van der Waals surface area contributed by atoms with Gasteiger partial charge in [-0.25, -0.2) is 0 Å². The van der Waals surface area contributed by atoms with Crippen LogP contribution in [0.15, 0.2) is 10.7 Å². The van der Waals surface area contributed by atoms with Crippen LogP contribution in [-0.4, -0.2) is 21.7 Å². The molecule has 0 fully saturated rings. The van der Waals surface area contributed by atoms with Crippen molar-refractivity contribution in [3.63, 3.8) is 0 Å². The van der Waals surface area contributed by atoms with Crippen LogP contribution in [-0.2, 0) is 11.8 Å². The van der Waals surface area contributed by atoms with E-state index < -0.39 is 6.04 Å². The van der Waals surface area contributed by atoms with E-state index in [2.05, 4.69) is 26.3 Å². The maximum absolute atomic E-state index is 11.4. The second-order valence-corrected chi connectivity index (χ2v) is 3.79. The van der Waals surface area contributed by atoms with E-state index in [0.717, 1.165) is 4.60 Å². The van der Waals surface area contributed by atoms with Crippen LogP contribution in [0, 0.1) is 0 Å². The smallest absolute Gasteiger partial charge is 0.242 e. The van der Waals surface area contributed by atoms with E-state index in [1.807, 2.05) is 6.92 Å². The highest BCUT2D eigenvalue weighted by Gasteiger charge is 2.12.